The van der Waals surface area contributed by atoms with Crippen LogP contribution >= 0.6 is 0 Å². The quantitative estimate of drug-likeness (QED) is 0.726. The van der Waals surface area contributed by atoms with E-state index in [0.717, 1.165) is 0 Å². The molecule has 0 atom stereocenters. The van der Waals surface area contributed by atoms with Crippen molar-refractivity contribution in [3.63, 3.8) is 0 Å². The molecule has 8 heteroatoms. The number of halogens is 4. The number of aliphatic hydroxyl groups excluding tert-OH is 1. The minimum absolute atomic E-state index is 0.335. The van der Waals surface area contributed by atoms with E-state index in [1.54, 1.807) is 13.8 Å². The van der Waals surface area contributed by atoms with E-state index < -0.39 is 34.8 Å². The topological polar surface area (TPSA) is 61.4 Å². The fraction of sp³-hybridized carbons (Fsp3) is 0.500. The maximum absolute atomic E-state index is 13.5. The molecule has 0 saturated heterocycles. The van der Waals surface area contributed by atoms with Crippen molar-refractivity contribution in [3.8, 4) is 0 Å². The standard InChI is InChI=1S/C14H18F4N2O2/c1-3-13(4-2,8-21)20-12(22)19-11-7-9(14(16,17)18)5-6-10(11)15/h5-7,21H,3-4,8H2,1-2H3,(H2,19,20,22). The highest BCUT2D eigenvalue weighted by Gasteiger charge is 2.32. The van der Waals surface area contributed by atoms with Gasteiger partial charge in [0, 0.05) is 0 Å². The first-order valence-electron chi connectivity index (χ1n) is 6.74. The SMILES string of the molecule is CCC(CC)(CO)NC(=O)Nc1cc(C(F)(F)F)ccc1F. The molecule has 0 bridgehead atoms. The number of amides is 2. The Labute approximate surface area is 125 Å². The molecule has 0 aliphatic rings. The third kappa shape index (κ3) is 4.33. The fourth-order valence-electron chi connectivity index (χ4n) is 1.88. The van der Waals surface area contributed by atoms with Gasteiger partial charge in [-0.2, -0.15) is 13.2 Å². The lowest BCUT2D eigenvalue weighted by molar-refractivity contribution is -0.137. The van der Waals surface area contributed by atoms with Gasteiger partial charge < -0.3 is 15.7 Å². The second-order valence-electron chi connectivity index (χ2n) is 4.92. The number of alkyl halides is 3. The van der Waals surface area contributed by atoms with E-state index in [1.807, 2.05) is 5.32 Å². The van der Waals surface area contributed by atoms with Crippen LogP contribution in [0, 0.1) is 5.82 Å². The molecule has 0 heterocycles. The zero-order valence-corrected chi connectivity index (χ0v) is 12.2. The normalized spacial score (nSPS) is 12.1. The number of urea groups is 1. The number of hydrogen-bond acceptors (Lipinski definition) is 2. The molecule has 0 spiro atoms. The van der Waals surface area contributed by atoms with Gasteiger partial charge in [0.15, 0.2) is 0 Å². The third-order valence-corrected chi connectivity index (χ3v) is 3.58. The predicted octanol–water partition coefficient (Wildman–Crippen LogP) is 3.52. The Bertz CT molecular complexity index is 520. The van der Waals surface area contributed by atoms with Crippen molar-refractivity contribution in [2.75, 3.05) is 11.9 Å². The van der Waals surface area contributed by atoms with Gasteiger partial charge in [0.1, 0.15) is 5.82 Å². The Morgan fingerprint density at radius 3 is 2.27 bits per heavy atom. The van der Waals surface area contributed by atoms with E-state index in [-0.39, 0.29) is 6.61 Å². The molecular formula is C14H18F4N2O2. The average molecular weight is 322 g/mol. The van der Waals surface area contributed by atoms with Crippen molar-refractivity contribution in [2.45, 2.75) is 38.4 Å². The largest absolute Gasteiger partial charge is 0.416 e. The van der Waals surface area contributed by atoms with Crippen LogP contribution in [0.1, 0.15) is 32.3 Å². The number of rotatable bonds is 5. The number of aliphatic hydroxyl groups is 1. The first-order valence-corrected chi connectivity index (χ1v) is 6.74. The maximum atomic E-state index is 13.5. The molecule has 2 amide bonds. The molecule has 0 aliphatic carbocycles. The first-order chi connectivity index (χ1) is 10.2. The van der Waals surface area contributed by atoms with Crippen molar-refractivity contribution in [1.82, 2.24) is 5.32 Å². The van der Waals surface area contributed by atoms with E-state index in [0.29, 0.717) is 31.0 Å². The summed E-state index contributed by atoms with van der Waals surface area (Å²) in [5.74, 6) is -0.981. The highest BCUT2D eigenvalue weighted by molar-refractivity contribution is 5.90. The second kappa shape index (κ2) is 6.95. The summed E-state index contributed by atoms with van der Waals surface area (Å²) < 4.78 is 51.3. The van der Waals surface area contributed by atoms with E-state index in [4.69, 9.17) is 0 Å². The van der Waals surface area contributed by atoms with Crippen LogP contribution in [0.3, 0.4) is 0 Å². The van der Waals surface area contributed by atoms with E-state index >= 15 is 0 Å². The molecular weight excluding hydrogens is 304 g/mol. The van der Waals surface area contributed by atoms with Gasteiger partial charge in [-0.3, -0.25) is 0 Å². The van der Waals surface area contributed by atoms with E-state index in [1.165, 1.54) is 0 Å². The van der Waals surface area contributed by atoms with Crippen LogP contribution in [-0.2, 0) is 6.18 Å². The van der Waals surface area contributed by atoms with Gasteiger partial charge in [-0.1, -0.05) is 13.8 Å². The van der Waals surface area contributed by atoms with Gasteiger partial charge in [-0.25, -0.2) is 9.18 Å². The van der Waals surface area contributed by atoms with Gasteiger partial charge in [-0.05, 0) is 31.0 Å². The van der Waals surface area contributed by atoms with Crippen molar-refractivity contribution in [3.05, 3.63) is 29.6 Å². The molecule has 124 valence electrons. The summed E-state index contributed by atoms with van der Waals surface area (Å²) in [6.45, 7) is 3.15. The zero-order valence-electron chi connectivity index (χ0n) is 12.2. The van der Waals surface area contributed by atoms with Gasteiger partial charge in [0.25, 0.3) is 0 Å². The Hall–Kier alpha value is -1.83. The van der Waals surface area contributed by atoms with Gasteiger partial charge >= 0.3 is 12.2 Å². The van der Waals surface area contributed by atoms with Crippen LogP contribution in [-0.4, -0.2) is 23.3 Å². The second-order valence-corrected chi connectivity index (χ2v) is 4.92. The summed E-state index contributed by atoms with van der Waals surface area (Å²) in [6, 6.07) is 0.871. The maximum Gasteiger partial charge on any atom is 0.416 e. The number of nitrogens with one attached hydrogen (secondary N) is 2. The zero-order chi connectivity index (χ0) is 17.0. The Morgan fingerprint density at radius 1 is 1.23 bits per heavy atom. The Balaban J connectivity index is 2.93. The van der Waals surface area contributed by atoms with Crippen molar-refractivity contribution in [1.29, 1.82) is 0 Å². The van der Waals surface area contributed by atoms with Crippen LogP contribution in [0.5, 0.6) is 0 Å². The summed E-state index contributed by atoms with van der Waals surface area (Å²) in [4.78, 5) is 11.8. The molecule has 22 heavy (non-hydrogen) atoms. The third-order valence-electron chi connectivity index (χ3n) is 3.58. The van der Waals surface area contributed by atoms with Crippen LogP contribution in [0.25, 0.3) is 0 Å². The molecule has 0 radical (unpaired) electrons. The van der Waals surface area contributed by atoms with Crippen molar-refractivity contribution in [2.24, 2.45) is 0 Å². The number of carbonyl (C=O) groups is 1. The smallest absolute Gasteiger partial charge is 0.394 e. The van der Waals surface area contributed by atoms with Crippen molar-refractivity contribution < 1.29 is 27.5 Å². The predicted molar refractivity (Wildman–Crippen MR) is 74.0 cm³/mol. The minimum atomic E-state index is -4.64. The monoisotopic (exact) mass is 322 g/mol. The summed E-state index contributed by atoms with van der Waals surface area (Å²) in [5, 5.41) is 13.8. The molecule has 0 unspecified atom stereocenters. The van der Waals surface area contributed by atoms with Crippen LogP contribution in [0.15, 0.2) is 18.2 Å². The minimum Gasteiger partial charge on any atom is -0.394 e. The Morgan fingerprint density at radius 2 is 1.82 bits per heavy atom. The molecule has 1 rings (SSSR count). The Kier molecular flexibility index (Phi) is 5.76. The van der Waals surface area contributed by atoms with E-state index in [2.05, 4.69) is 5.32 Å². The van der Waals surface area contributed by atoms with Crippen LogP contribution in [0.2, 0.25) is 0 Å². The molecule has 0 saturated carbocycles. The molecule has 0 fully saturated rings. The lowest BCUT2D eigenvalue weighted by Gasteiger charge is -2.30. The van der Waals surface area contributed by atoms with Gasteiger partial charge in [0.2, 0.25) is 0 Å². The van der Waals surface area contributed by atoms with Crippen molar-refractivity contribution >= 4 is 11.7 Å². The summed E-state index contributed by atoms with van der Waals surface area (Å²) in [7, 11) is 0. The lowest BCUT2D eigenvalue weighted by atomic mass is 9.94. The fourth-order valence-corrected chi connectivity index (χ4v) is 1.88. The molecule has 1 aromatic rings. The van der Waals surface area contributed by atoms with E-state index in [9.17, 15) is 27.5 Å². The highest BCUT2D eigenvalue weighted by Crippen LogP contribution is 2.31. The average Bonchev–Trinajstić information content (AvgIpc) is 2.46. The van der Waals surface area contributed by atoms with Crippen LogP contribution in [0.4, 0.5) is 28.0 Å². The summed E-state index contributed by atoms with van der Waals surface area (Å²) in [6.07, 6.45) is -3.81. The summed E-state index contributed by atoms with van der Waals surface area (Å²) >= 11 is 0. The first kappa shape index (κ1) is 18.2. The highest BCUT2D eigenvalue weighted by atomic mass is 19.4. The molecule has 3 N–H and O–H groups in total. The van der Waals surface area contributed by atoms with Gasteiger partial charge in [-0.15, -0.1) is 0 Å². The number of carbonyl (C=O) groups excluding carboxylic acids is 1. The van der Waals surface area contributed by atoms with Crippen LogP contribution < -0.4 is 10.6 Å². The molecule has 0 aliphatic heterocycles. The van der Waals surface area contributed by atoms with Gasteiger partial charge in [0.05, 0.1) is 23.4 Å². The lowest BCUT2D eigenvalue weighted by Crippen LogP contribution is -2.52. The molecule has 4 nitrogen and oxygen atoms in total. The number of benzene rings is 1. The number of anilines is 1. The number of hydrogen-bond donors (Lipinski definition) is 3. The molecule has 0 aromatic heterocycles. The summed E-state index contributed by atoms with van der Waals surface area (Å²) in [5.41, 5.74) is -2.54. The molecule has 1 aromatic carbocycles.